The minimum absolute atomic E-state index is 0.344. The maximum absolute atomic E-state index is 8.91. The van der Waals surface area contributed by atoms with Crippen molar-refractivity contribution in [2.45, 2.75) is 26.2 Å². The Balaban J connectivity index is 1.94. The van der Waals surface area contributed by atoms with Crippen molar-refractivity contribution in [1.82, 2.24) is 9.38 Å². The average molecular weight is 275 g/mol. The highest BCUT2D eigenvalue weighted by Gasteiger charge is 2.11. The van der Waals surface area contributed by atoms with Crippen molar-refractivity contribution in [3.63, 3.8) is 0 Å². The smallest absolute Gasteiger partial charge is 0.127 e. The van der Waals surface area contributed by atoms with Crippen LogP contribution in [0.25, 0.3) is 5.52 Å². The second kappa shape index (κ2) is 5.80. The largest absolute Gasteiger partial charge is 0.302 e. The maximum atomic E-state index is 8.91. The van der Waals surface area contributed by atoms with Gasteiger partial charge in [0.1, 0.15) is 5.82 Å². The molecule has 3 nitrogen and oxygen atoms in total. The molecule has 0 bridgehead atoms. The molecule has 3 aromatic rings. The molecule has 0 N–H and O–H groups in total. The van der Waals surface area contributed by atoms with E-state index in [9.17, 15) is 0 Å². The summed E-state index contributed by atoms with van der Waals surface area (Å²) >= 11 is 0. The molecule has 0 aliphatic carbocycles. The number of fused-ring (bicyclic) bond motifs is 1. The summed E-state index contributed by atoms with van der Waals surface area (Å²) in [6, 6.07) is 16.9. The van der Waals surface area contributed by atoms with Crippen LogP contribution < -0.4 is 0 Å². The highest BCUT2D eigenvalue weighted by molar-refractivity contribution is 5.60. The molecule has 0 amide bonds. The second-order valence-electron chi connectivity index (χ2n) is 5.19. The van der Waals surface area contributed by atoms with Crippen molar-refractivity contribution in [3.05, 3.63) is 71.3 Å². The third-order valence-electron chi connectivity index (χ3n) is 3.76. The Labute approximate surface area is 124 Å². The Bertz CT molecular complexity index is 794. The van der Waals surface area contributed by atoms with Gasteiger partial charge >= 0.3 is 0 Å². The number of hydrogen-bond donors (Lipinski definition) is 0. The Morgan fingerprint density at radius 1 is 1.10 bits per heavy atom. The number of nitrogens with zero attached hydrogens (tertiary/aromatic N) is 3. The zero-order valence-electron chi connectivity index (χ0n) is 12.1. The summed E-state index contributed by atoms with van der Waals surface area (Å²) in [6.45, 7) is 2.02. The van der Waals surface area contributed by atoms with E-state index in [2.05, 4.69) is 45.8 Å². The summed E-state index contributed by atoms with van der Waals surface area (Å²) in [5, 5.41) is 8.91. The first-order valence-corrected chi connectivity index (χ1v) is 7.16. The number of imidazole rings is 1. The van der Waals surface area contributed by atoms with E-state index in [1.807, 2.05) is 25.3 Å². The predicted octanol–water partition coefficient (Wildman–Crippen LogP) is 3.49. The molecule has 1 aromatic carbocycles. The maximum Gasteiger partial charge on any atom is 0.127 e. The van der Waals surface area contributed by atoms with Crippen molar-refractivity contribution in [3.8, 4) is 6.07 Å². The van der Waals surface area contributed by atoms with Gasteiger partial charge in [-0.05, 0) is 37.0 Å². The summed E-state index contributed by atoms with van der Waals surface area (Å²) < 4.78 is 2.05. The van der Waals surface area contributed by atoms with Crippen LogP contribution in [0.1, 0.15) is 22.6 Å². The van der Waals surface area contributed by atoms with Crippen molar-refractivity contribution in [2.24, 2.45) is 0 Å². The molecule has 0 unspecified atom stereocenters. The number of hydrogen-bond acceptors (Lipinski definition) is 2. The Morgan fingerprint density at radius 3 is 2.67 bits per heavy atom. The van der Waals surface area contributed by atoms with E-state index >= 15 is 0 Å². The lowest BCUT2D eigenvalue weighted by atomic mass is 10.0. The second-order valence-corrected chi connectivity index (χ2v) is 5.19. The lowest BCUT2D eigenvalue weighted by molar-refractivity contribution is 0.941. The number of pyridine rings is 1. The topological polar surface area (TPSA) is 41.1 Å². The molecule has 0 saturated carbocycles. The molecule has 3 rings (SSSR count). The quantitative estimate of drug-likeness (QED) is 0.731. The average Bonchev–Trinajstić information content (AvgIpc) is 2.84. The van der Waals surface area contributed by atoms with Crippen molar-refractivity contribution in [1.29, 1.82) is 5.26 Å². The van der Waals surface area contributed by atoms with Crippen LogP contribution >= 0.6 is 0 Å². The van der Waals surface area contributed by atoms with E-state index in [4.69, 9.17) is 5.26 Å². The van der Waals surface area contributed by atoms with E-state index in [1.54, 1.807) is 0 Å². The SMILES string of the molecule is Cc1nc(CC#N)n2cccc(CCc3ccccc3)c12. The van der Waals surface area contributed by atoms with Gasteiger partial charge in [-0.25, -0.2) is 4.98 Å². The minimum atomic E-state index is 0.344. The first kappa shape index (κ1) is 13.4. The molecule has 0 fully saturated rings. The number of aryl methyl sites for hydroxylation is 3. The third kappa shape index (κ3) is 2.66. The molecule has 0 aliphatic rings. The first-order chi connectivity index (χ1) is 10.3. The monoisotopic (exact) mass is 275 g/mol. The molecule has 21 heavy (non-hydrogen) atoms. The van der Waals surface area contributed by atoms with Crippen molar-refractivity contribution < 1.29 is 0 Å². The normalized spacial score (nSPS) is 10.7. The van der Waals surface area contributed by atoms with Gasteiger partial charge in [-0.15, -0.1) is 0 Å². The van der Waals surface area contributed by atoms with E-state index < -0.39 is 0 Å². The number of benzene rings is 1. The molecule has 0 spiro atoms. The molecule has 0 atom stereocenters. The zero-order valence-corrected chi connectivity index (χ0v) is 12.1. The molecule has 2 aromatic heterocycles. The van der Waals surface area contributed by atoms with Gasteiger partial charge in [0.2, 0.25) is 0 Å². The highest BCUT2D eigenvalue weighted by atomic mass is 15.0. The van der Waals surface area contributed by atoms with Gasteiger partial charge in [0.15, 0.2) is 0 Å². The first-order valence-electron chi connectivity index (χ1n) is 7.16. The summed E-state index contributed by atoms with van der Waals surface area (Å²) in [6.07, 6.45) is 4.33. The molecule has 0 radical (unpaired) electrons. The molecular weight excluding hydrogens is 258 g/mol. The molecule has 0 aliphatic heterocycles. The lowest BCUT2D eigenvalue weighted by Gasteiger charge is -2.06. The molecule has 3 heteroatoms. The van der Waals surface area contributed by atoms with Gasteiger partial charge in [-0.3, -0.25) is 0 Å². The Hall–Kier alpha value is -2.60. The molecule has 2 heterocycles. The van der Waals surface area contributed by atoms with Crippen LogP contribution in [0.2, 0.25) is 0 Å². The minimum Gasteiger partial charge on any atom is -0.302 e. The molecule has 0 saturated heterocycles. The standard InChI is InChI=1S/C18H17N3/c1-14-18-16(10-9-15-6-3-2-4-7-15)8-5-13-21(18)17(20-14)11-12-19/h2-8,13H,9-11H2,1H3. The molecule has 104 valence electrons. The Morgan fingerprint density at radius 2 is 1.90 bits per heavy atom. The number of rotatable bonds is 4. The van der Waals surface area contributed by atoms with Gasteiger partial charge in [-0.1, -0.05) is 36.4 Å². The summed E-state index contributed by atoms with van der Waals surface area (Å²) in [7, 11) is 0. The summed E-state index contributed by atoms with van der Waals surface area (Å²) in [5.41, 5.74) is 4.78. The van der Waals surface area contributed by atoms with Gasteiger partial charge < -0.3 is 4.40 Å². The Kier molecular flexibility index (Phi) is 3.70. The molecular formula is C18H17N3. The predicted molar refractivity (Wildman–Crippen MR) is 83.1 cm³/mol. The van der Waals surface area contributed by atoms with Gasteiger partial charge in [0.05, 0.1) is 23.7 Å². The summed E-state index contributed by atoms with van der Waals surface area (Å²) in [4.78, 5) is 4.54. The van der Waals surface area contributed by atoms with Crippen LogP contribution in [0.4, 0.5) is 0 Å². The number of nitriles is 1. The van der Waals surface area contributed by atoms with Crippen LogP contribution in [0.15, 0.2) is 48.7 Å². The fraction of sp³-hybridized carbons (Fsp3) is 0.222. The number of aromatic nitrogens is 2. The van der Waals surface area contributed by atoms with Gasteiger partial charge in [-0.2, -0.15) is 5.26 Å². The van der Waals surface area contributed by atoms with Gasteiger partial charge in [0.25, 0.3) is 0 Å². The summed E-state index contributed by atoms with van der Waals surface area (Å²) in [5.74, 6) is 0.826. The van der Waals surface area contributed by atoms with Crippen LogP contribution in [0.3, 0.4) is 0 Å². The van der Waals surface area contributed by atoms with E-state index in [-0.39, 0.29) is 0 Å². The van der Waals surface area contributed by atoms with Crippen LogP contribution in [0.5, 0.6) is 0 Å². The van der Waals surface area contributed by atoms with Crippen molar-refractivity contribution in [2.75, 3.05) is 0 Å². The van der Waals surface area contributed by atoms with Crippen molar-refractivity contribution >= 4 is 5.52 Å². The van der Waals surface area contributed by atoms with E-state index in [0.29, 0.717) is 6.42 Å². The van der Waals surface area contributed by atoms with Gasteiger partial charge in [0, 0.05) is 6.20 Å². The van der Waals surface area contributed by atoms with E-state index in [1.165, 1.54) is 11.1 Å². The van der Waals surface area contributed by atoms with Crippen LogP contribution in [-0.2, 0) is 19.3 Å². The lowest BCUT2D eigenvalue weighted by Crippen LogP contribution is -1.97. The fourth-order valence-electron chi connectivity index (χ4n) is 2.80. The third-order valence-corrected chi connectivity index (χ3v) is 3.76. The zero-order chi connectivity index (χ0) is 14.7. The van der Waals surface area contributed by atoms with E-state index in [0.717, 1.165) is 29.9 Å². The fourth-order valence-corrected chi connectivity index (χ4v) is 2.80. The highest BCUT2D eigenvalue weighted by Crippen LogP contribution is 2.19. The van der Waals surface area contributed by atoms with Crippen LogP contribution in [0, 0.1) is 18.3 Å². The van der Waals surface area contributed by atoms with Crippen LogP contribution in [-0.4, -0.2) is 9.38 Å².